The third-order valence-corrected chi connectivity index (χ3v) is 6.69. The first-order valence-corrected chi connectivity index (χ1v) is 9.04. The molecular weight excluding hydrogens is 324 g/mol. The Labute approximate surface area is 135 Å². The van der Waals surface area contributed by atoms with E-state index < -0.39 is 0 Å². The molecule has 1 nitrogen and oxygen atoms in total. The molecule has 2 atom stereocenters. The first-order chi connectivity index (χ1) is 9.96. The zero-order valence-electron chi connectivity index (χ0n) is 12.7. The highest BCUT2D eigenvalue weighted by Crippen LogP contribution is 2.65. The Hall–Kier alpha value is -0.630. The second kappa shape index (κ2) is 4.68. The van der Waals surface area contributed by atoms with E-state index in [4.69, 9.17) is 0 Å². The van der Waals surface area contributed by atoms with Gasteiger partial charge in [0.15, 0.2) is 0 Å². The van der Waals surface area contributed by atoms with E-state index in [-0.39, 0.29) is 5.41 Å². The maximum Gasteiger partial charge on any atom is 0.143 e. The first-order valence-electron chi connectivity index (χ1n) is 8.24. The Balaban J connectivity index is 1.59. The molecule has 2 heteroatoms. The van der Waals surface area contributed by atoms with Crippen molar-refractivity contribution in [3.05, 3.63) is 34.3 Å². The summed E-state index contributed by atoms with van der Waals surface area (Å²) in [4.78, 5) is 13.1. The van der Waals surface area contributed by atoms with Crippen molar-refractivity contribution in [2.75, 3.05) is 0 Å². The minimum absolute atomic E-state index is 0.0150. The molecule has 0 N–H and O–H groups in total. The Kier molecular flexibility index (Phi) is 3.12. The highest BCUT2D eigenvalue weighted by Gasteiger charge is 2.58. The maximum absolute atomic E-state index is 13.1. The Morgan fingerprint density at radius 2 is 1.95 bits per heavy atom. The molecular formula is C19H23BrO. The maximum atomic E-state index is 13.1. The molecule has 0 heterocycles. The van der Waals surface area contributed by atoms with Gasteiger partial charge >= 0.3 is 0 Å². The number of rotatable bonds is 3. The molecule has 4 aliphatic rings. The van der Waals surface area contributed by atoms with Gasteiger partial charge in [-0.25, -0.2) is 0 Å². The fourth-order valence-electron chi connectivity index (χ4n) is 6.07. The van der Waals surface area contributed by atoms with Crippen molar-refractivity contribution in [2.45, 2.75) is 51.9 Å². The van der Waals surface area contributed by atoms with Crippen LogP contribution in [0.2, 0.25) is 0 Å². The Morgan fingerprint density at radius 3 is 2.57 bits per heavy atom. The first kappa shape index (κ1) is 14.0. The van der Waals surface area contributed by atoms with Crippen LogP contribution in [0, 0.1) is 22.7 Å². The standard InChI is InChI=1S/C19H23BrO/c1-18-8-14-5-15(9-18)11-19(10-14,12-18)17(21)7-13-3-2-4-16(20)6-13/h2-4,6,14-15H,5,7-12H2,1H3. The van der Waals surface area contributed by atoms with E-state index in [0.29, 0.717) is 17.6 Å². The van der Waals surface area contributed by atoms with Gasteiger partial charge in [0.05, 0.1) is 0 Å². The molecule has 0 saturated heterocycles. The number of Topliss-reactive ketones (excluding diaryl/α,β-unsaturated/α-hetero) is 1. The number of carbonyl (C=O) groups is 1. The van der Waals surface area contributed by atoms with Crippen LogP contribution in [0.15, 0.2) is 28.7 Å². The summed E-state index contributed by atoms with van der Waals surface area (Å²) in [5.74, 6) is 2.16. The Morgan fingerprint density at radius 1 is 1.24 bits per heavy atom. The van der Waals surface area contributed by atoms with Crippen LogP contribution in [0.1, 0.15) is 51.0 Å². The van der Waals surface area contributed by atoms with Crippen molar-refractivity contribution in [3.8, 4) is 0 Å². The second-order valence-electron chi connectivity index (χ2n) is 8.28. The summed E-state index contributed by atoms with van der Waals surface area (Å²) < 4.78 is 1.07. The van der Waals surface area contributed by atoms with Crippen LogP contribution in [-0.2, 0) is 11.2 Å². The van der Waals surface area contributed by atoms with Crippen molar-refractivity contribution in [1.82, 2.24) is 0 Å². The number of halogens is 1. The van der Waals surface area contributed by atoms with E-state index in [1.165, 1.54) is 32.1 Å². The topological polar surface area (TPSA) is 17.1 Å². The molecule has 5 rings (SSSR count). The molecule has 4 aliphatic carbocycles. The van der Waals surface area contributed by atoms with E-state index in [1.54, 1.807) is 0 Å². The number of benzene rings is 1. The fourth-order valence-corrected chi connectivity index (χ4v) is 6.51. The lowest BCUT2D eigenvalue weighted by Gasteiger charge is -2.60. The molecule has 0 amide bonds. The van der Waals surface area contributed by atoms with Gasteiger partial charge < -0.3 is 0 Å². The number of ketones is 1. The SMILES string of the molecule is CC12CC3CC(C1)CC(C(=O)Cc1cccc(Br)c1)(C3)C2. The summed E-state index contributed by atoms with van der Waals surface area (Å²) in [6, 6.07) is 8.25. The van der Waals surface area contributed by atoms with Gasteiger partial charge in [0.2, 0.25) is 0 Å². The van der Waals surface area contributed by atoms with Gasteiger partial charge in [0.1, 0.15) is 5.78 Å². The molecule has 4 saturated carbocycles. The molecule has 1 aromatic carbocycles. The molecule has 2 unspecified atom stereocenters. The average molecular weight is 347 g/mol. The third-order valence-electron chi connectivity index (χ3n) is 6.20. The van der Waals surface area contributed by atoms with Gasteiger partial charge in [-0.15, -0.1) is 0 Å². The average Bonchev–Trinajstić information content (AvgIpc) is 2.35. The van der Waals surface area contributed by atoms with Gasteiger partial charge in [-0.1, -0.05) is 35.0 Å². The van der Waals surface area contributed by atoms with Crippen LogP contribution in [0.5, 0.6) is 0 Å². The van der Waals surface area contributed by atoms with Crippen LogP contribution < -0.4 is 0 Å². The predicted octanol–water partition coefficient (Wildman–Crippen LogP) is 5.17. The smallest absolute Gasteiger partial charge is 0.143 e. The summed E-state index contributed by atoms with van der Waals surface area (Å²) in [5, 5.41) is 0. The van der Waals surface area contributed by atoms with E-state index in [0.717, 1.165) is 28.3 Å². The number of carbonyl (C=O) groups excluding carboxylic acids is 1. The van der Waals surface area contributed by atoms with Gasteiger partial charge in [0, 0.05) is 16.3 Å². The van der Waals surface area contributed by atoms with Gasteiger partial charge in [0.25, 0.3) is 0 Å². The van der Waals surface area contributed by atoms with E-state index in [9.17, 15) is 4.79 Å². The molecule has 0 radical (unpaired) electrons. The summed E-state index contributed by atoms with van der Waals surface area (Å²) in [6.45, 7) is 2.44. The van der Waals surface area contributed by atoms with Gasteiger partial charge in [-0.3, -0.25) is 4.79 Å². The highest BCUT2D eigenvalue weighted by molar-refractivity contribution is 9.10. The molecule has 4 bridgehead atoms. The summed E-state index contributed by atoms with van der Waals surface area (Å²) in [5.41, 5.74) is 1.63. The quantitative estimate of drug-likeness (QED) is 0.737. The molecule has 21 heavy (non-hydrogen) atoms. The van der Waals surface area contributed by atoms with Crippen LogP contribution in [0.25, 0.3) is 0 Å². The minimum Gasteiger partial charge on any atom is -0.299 e. The van der Waals surface area contributed by atoms with E-state index in [1.807, 2.05) is 12.1 Å². The predicted molar refractivity (Wildman–Crippen MR) is 88.1 cm³/mol. The normalized spacial score (nSPS) is 40.5. The zero-order chi connectivity index (χ0) is 14.7. The van der Waals surface area contributed by atoms with Gasteiger partial charge in [-0.05, 0) is 73.5 Å². The van der Waals surface area contributed by atoms with Crippen molar-refractivity contribution in [3.63, 3.8) is 0 Å². The van der Waals surface area contributed by atoms with E-state index >= 15 is 0 Å². The Bertz CT molecular complexity index is 577. The van der Waals surface area contributed by atoms with Crippen molar-refractivity contribution in [2.24, 2.45) is 22.7 Å². The summed E-state index contributed by atoms with van der Waals surface area (Å²) in [7, 11) is 0. The lowest BCUT2D eigenvalue weighted by molar-refractivity contribution is -0.152. The molecule has 4 fully saturated rings. The third kappa shape index (κ3) is 2.40. The molecule has 0 aromatic heterocycles. The van der Waals surface area contributed by atoms with Crippen LogP contribution in [0.3, 0.4) is 0 Å². The van der Waals surface area contributed by atoms with Crippen LogP contribution >= 0.6 is 15.9 Å². The molecule has 0 aliphatic heterocycles. The highest BCUT2D eigenvalue weighted by atomic mass is 79.9. The summed E-state index contributed by atoms with van der Waals surface area (Å²) in [6.07, 6.45) is 8.25. The van der Waals surface area contributed by atoms with Crippen LogP contribution in [0.4, 0.5) is 0 Å². The molecule has 0 spiro atoms. The molecule has 112 valence electrons. The van der Waals surface area contributed by atoms with E-state index in [2.05, 4.69) is 35.0 Å². The lowest BCUT2D eigenvalue weighted by Crippen LogP contribution is -2.54. The van der Waals surface area contributed by atoms with Gasteiger partial charge in [-0.2, -0.15) is 0 Å². The van der Waals surface area contributed by atoms with Crippen molar-refractivity contribution < 1.29 is 4.79 Å². The minimum atomic E-state index is 0.0150. The number of hydrogen-bond donors (Lipinski definition) is 0. The fraction of sp³-hybridized carbons (Fsp3) is 0.632. The lowest BCUT2D eigenvalue weighted by atomic mass is 9.43. The number of hydrogen-bond acceptors (Lipinski definition) is 1. The molecule has 1 aromatic rings. The van der Waals surface area contributed by atoms with Crippen molar-refractivity contribution >= 4 is 21.7 Å². The monoisotopic (exact) mass is 346 g/mol. The zero-order valence-corrected chi connectivity index (χ0v) is 14.3. The second-order valence-corrected chi connectivity index (χ2v) is 9.20. The van der Waals surface area contributed by atoms with Crippen LogP contribution in [-0.4, -0.2) is 5.78 Å². The summed E-state index contributed by atoms with van der Waals surface area (Å²) >= 11 is 3.51. The largest absolute Gasteiger partial charge is 0.299 e. The van der Waals surface area contributed by atoms with Crippen molar-refractivity contribution in [1.29, 1.82) is 0 Å².